The highest BCUT2D eigenvalue weighted by Gasteiger charge is 2.28. The second-order valence-corrected chi connectivity index (χ2v) is 5.68. The molecule has 0 aromatic carbocycles. The first-order chi connectivity index (χ1) is 8.77. The van der Waals surface area contributed by atoms with Crippen LogP contribution in [0.1, 0.15) is 39.0 Å². The molecule has 0 radical (unpaired) electrons. The summed E-state index contributed by atoms with van der Waals surface area (Å²) in [6.07, 6.45) is 6.15. The van der Waals surface area contributed by atoms with Crippen LogP contribution in [0.2, 0.25) is 0 Å². The maximum atomic E-state index is 11.9. The molecule has 1 amide bonds. The summed E-state index contributed by atoms with van der Waals surface area (Å²) < 4.78 is 0. The van der Waals surface area contributed by atoms with Crippen LogP contribution in [0.25, 0.3) is 0 Å². The lowest BCUT2D eigenvalue weighted by molar-refractivity contribution is -0.125. The summed E-state index contributed by atoms with van der Waals surface area (Å²) in [5, 5.41) is 6.41. The molecular formula is C14H27N3O. The van der Waals surface area contributed by atoms with Gasteiger partial charge in [-0.05, 0) is 58.8 Å². The van der Waals surface area contributed by atoms with Crippen LogP contribution in [0, 0.1) is 5.92 Å². The molecule has 2 aliphatic heterocycles. The Bertz CT molecular complexity index is 264. The predicted octanol–water partition coefficient (Wildman–Crippen LogP) is 0.977. The van der Waals surface area contributed by atoms with Crippen molar-refractivity contribution in [1.29, 1.82) is 0 Å². The van der Waals surface area contributed by atoms with E-state index in [1.54, 1.807) is 0 Å². The first-order valence-corrected chi connectivity index (χ1v) is 7.51. The number of nitrogens with one attached hydrogen (secondary N) is 2. The Hall–Kier alpha value is -0.610. The zero-order chi connectivity index (χ0) is 12.8. The molecule has 2 unspecified atom stereocenters. The van der Waals surface area contributed by atoms with Gasteiger partial charge in [-0.3, -0.25) is 4.79 Å². The molecule has 2 N–H and O–H groups in total. The van der Waals surface area contributed by atoms with Gasteiger partial charge in [0.1, 0.15) is 0 Å². The number of carbonyl (C=O) groups is 1. The average molecular weight is 253 g/mol. The standard InChI is InChI=1S/C14H27N3O/c1-12-13(6-8-15-12)14(18)16-7-5-11-17-9-3-2-4-10-17/h12-13,15H,2-11H2,1H3,(H,16,18). The molecule has 18 heavy (non-hydrogen) atoms. The summed E-state index contributed by atoms with van der Waals surface area (Å²) in [4.78, 5) is 14.5. The molecule has 2 fully saturated rings. The van der Waals surface area contributed by atoms with Gasteiger partial charge >= 0.3 is 0 Å². The summed E-state index contributed by atoms with van der Waals surface area (Å²) in [5.41, 5.74) is 0. The van der Waals surface area contributed by atoms with Crippen molar-refractivity contribution in [3.8, 4) is 0 Å². The number of carbonyl (C=O) groups excluding carboxylic acids is 1. The fourth-order valence-electron chi connectivity index (χ4n) is 3.05. The fraction of sp³-hybridized carbons (Fsp3) is 0.929. The van der Waals surface area contributed by atoms with E-state index in [4.69, 9.17) is 0 Å². The molecule has 104 valence electrons. The molecule has 2 saturated heterocycles. The number of amides is 1. The summed E-state index contributed by atoms with van der Waals surface area (Å²) in [6.45, 7) is 7.55. The van der Waals surface area contributed by atoms with Crippen LogP contribution in [0.5, 0.6) is 0 Å². The van der Waals surface area contributed by atoms with E-state index in [9.17, 15) is 4.79 Å². The monoisotopic (exact) mass is 253 g/mol. The number of hydrogen-bond acceptors (Lipinski definition) is 3. The summed E-state index contributed by atoms with van der Waals surface area (Å²) in [5.74, 6) is 0.422. The lowest BCUT2D eigenvalue weighted by Crippen LogP contribution is -2.38. The molecule has 0 aliphatic carbocycles. The van der Waals surface area contributed by atoms with Crippen molar-refractivity contribution >= 4 is 5.91 Å². The molecule has 0 spiro atoms. The van der Waals surface area contributed by atoms with Crippen molar-refractivity contribution in [1.82, 2.24) is 15.5 Å². The summed E-state index contributed by atoms with van der Waals surface area (Å²) in [7, 11) is 0. The number of hydrogen-bond donors (Lipinski definition) is 2. The molecule has 2 aliphatic rings. The van der Waals surface area contributed by atoms with Gasteiger partial charge in [0.15, 0.2) is 0 Å². The Morgan fingerprint density at radius 1 is 1.33 bits per heavy atom. The molecule has 2 rings (SSSR count). The second-order valence-electron chi connectivity index (χ2n) is 5.68. The molecule has 0 aromatic rings. The van der Waals surface area contributed by atoms with E-state index in [0.717, 1.165) is 32.5 Å². The molecular weight excluding hydrogens is 226 g/mol. The fourth-order valence-corrected chi connectivity index (χ4v) is 3.05. The van der Waals surface area contributed by atoms with Crippen LogP contribution in [0.4, 0.5) is 0 Å². The van der Waals surface area contributed by atoms with E-state index in [0.29, 0.717) is 6.04 Å². The van der Waals surface area contributed by atoms with Crippen molar-refractivity contribution in [3.63, 3.8) is 0 Å². The summed E-state index contributed by atoms with van der Waals surface area (Å²) >= 11 is 0. The quantitative estimate of drug-likeness (QED) is 0.718. The highest BCUT2D eigenvalue weighted by molar-refractivity contribution is 5.79. The largest absolute Gasteiger partial charge is 0.356 e. The maximum absolute atomic E-state index is 11.9. The first-order valence-electron chi connectivity index (χ1n) is 7.51. The topological polar surface area (TPSA) is 44.4 Å². The molecule has 4 nitrogen and oxygen atoms in total. The molecule has 0 bridgehead atoms. The number of piperidine rings is 1. The number of rotatable bonds is 5. The maximum Gasteiger partial charge on any atom is 0.224 e. The van der Waals surface area contributed by atoms with Gasteiger partial charge in [0.2, 0.25) is 5.91 Å². The second kappa shape index (κ2) is 7.10. The normalized spacial score (nSPS) is 29.4. The minimum Gasteiger partial charge on any atom is -0.356 e. The Balaban J connectivity index is 1.56. The third-order valence-electron chi connectivity index (χ3n) is 4.26. The van der Waals surface area contributed by atoms with Crippen molar-refractivity contribution in [2.75, 3.05) is 32.7 Å². The van der Waals surface area contributed by atoms with E-state index < -0.39 is 0 Å². The van der Waals surface area contributed by atoms with Crippen LogP contribution in [-0.2, 0) is 4.79 Å². The van der Waals surface area contributed by atoms with Crippen molar-refractivity contribution in [3.05, 3.63) is 0 Å². The zero-order valence-electron chi connectivity index (χ0n) is 11.6. The zero-order valence-corrected chi connectivity index (χ0v) is 11.6. The van der Waals surface area contributed by atoms with E-state index in [1.165, 1.54) is 32.4 Å². The lowest BCUT2D eigenvalue weighted by atomic mass is 10.0. The number of nitrogens with zero attached hydrogens (tertiary/aromatic N) is 1. The van der Waals surface area contributed by atoms with Crippen molar-refractivity contribution in [2.45, 2.75) is 45.1 Å². The summed E-state index contributed by atoms with van der Waals surface area (Å²) in [6, 6.07) is 0.340. The third kappa shape index (κ3) is 3.95. The Morgan fingerprint density at radius 2 is 2.11 bits per heavy atom. The molecule has 2 atom stereocenters. The van der Waals surface area contributed by atoms with Crippen LogP contribution in [-0.4, -0.2) is 49.6 Å². The van der Waals surface area contributed by atoms with E-state index in [2.05, 4.69) is 22.5 Å². The average Bonchev–Trinajstić information content (AvgIpc) is 2.82. The highest BCUT2D eigenvalue weighted by Crippen LogP contribution is 2.14. The van der Waals surface area contributed by atoms with Crippen LogP contribution in [0.15, 0.2) is 0 Å². The Kier molecular flexibility index (Phi) is 5.45. The van der Waals surface area contributed by atoms with Crippen LogP contribution >= 0.6 is 0 Å². The SMILES string of the molecule is CC1NCCC1C(=O)NCCCN1CCCCC1. The Labute approximate surface area is 110 Å². The molecule has 0 saturated carbocycles. The van der Waals surface area contributed by atoms with Crippen molar-refractivity contribution < 1.29 is 4.79 Å². The third-order valence-corrected chi connectivity index (χ3v) is 4.26. The lowest BCUT2D eigenvalue weighted by Gasteiger charge is -2.26. The predicted molar refractivity (Wildman–Crippen MR) is 73.5 cm³/mol. The van der Waals surface area contributed by atoms with E-state index in [1.807, 2.05) is 0 Å². The minimum absolute atomic E-state index is 0.181. The van der Waals surface area contributed by atoms with Gasteiger partial charge in [-0.15, -0.1) is 0 Å². The van der Waals surface area contributed by atoms with Gasteiger partial charge in [-0.1, -0.05) is 6.42 Å². The van der Waals surface area contributed by atoms with Crippen LogP contribution < -0.4 is 10.6 Å². The van der Waals surface area contributed by atoms with Gasteiger partial charge in [-0.2, -0.15) is 0 Å². The van der Waals surface area contributed by atoms with E-state index >= 15 is 0 Å². The van der Waals surface area contributed by atoms with Gasteiger partial charge in [-0.25, -0.2) is 0 Å². The molecule has 4 heteroatoms. The molecule has 2 heterocycles. The minimum atomic E-state index is 0.181. The van der Waals surface area contributed by atoms with Gasteiger partial charge in [0, 0.05) is 12.6 Å². The molecule has 0 aromatic heterocycles. The van der Waals surface area contributed by atoms with Gasteiger partial charge < -0.3 is 15.5 Å². The van der Waals surface area contributed by atoms with Crippen LogP contribution in [0.3, 0.4) is 0 Å². The van der Waals surface area contributed by atoms with Crippen molar-refractivity contribution in [2.24, 2.45) is 5.92 Å². The first kappa shape index (κ1) is 13.8. The van der Waals surface area contributed by atoms with E-state index in [-0.39, 0.29) is 11.8 Å². The smallest absolute Gasteiger partial charge is 0.224 e. The van der Waals surface area contributed by atoms with Gasteiger partial charge in [0.25, 0.3) is 0 Å². The van der Waals surface area contributed by atoms with Gasteiger partial charge in [0.05, 0.1) is 5.92 Å². The number of likely N-dealkylation sites (tertiary alicyclic amines) is 1. The Morgan fingerprint density at radius 3 is 2.78 bits per heavy atom. The highest BCUT2D eigenvalue weighted by atomic mass is 16.1.